The molecule has 0 aliphatic carbocycles. The van der Waals surface area contributed by atoms with Crippen molar-refractivity contribution in [2.75, 3.05) is 12.8 Å². The predicted molar refractivity (Wildman–Crippen MR) is 94.7 cm³/mol. The summed E-state index contributed by atoms with van der Waals surface area (Å²) >= 11 is 1.61. The van der Waals surface area contributed by atoms with E-state index in [-0.39, 0.29) is 0 Å². The van der Waals surface area contributed by atoms with Crippen molar-refractivity contribution in [3.8, 4) is 0 Å². The van der Waals surface area contributed by atoms with Crippen LogP contribution in [0.25, 0.3) is 10.9 Å². The number of rotatable bonds is 3. The predicted octanol–water partition coefficient (Wildman–Crippen LogP) is 3.55. The van der Waals surface area contributed by atoms with Crippen LogP contribution in [0.1, 0.15) is 22.4 Å². The van der Waals surface area contributed by atoms with E-state index in [9.17, 15) is 0 Å². The number of aromatic nitrogens is 3. The molecule has 0 unspecified atom stereocenters. The van der Waals surface area contributed by atoms with Gasteiger partial charge in [0, 0.05) is 54.9 Å². The summed E-state index contributed by atoms with van der Waals surface area (Å²) in [6.07, 6.45) is 7.17. The van der Waals surface area contributed by atoms with E-state index in [1.54, 1.807) is 11.8 Å². The number of nitrogens with one attached hydrogen (secondary N) is 1. The Morgan fingerprint density at radius 1 is 1.35 bits per heavy atom. The van der Waals surface area contributed by atoms with Crippen molar-refractivity contribution in [2.45, 2.75) is 31.6 Å². The molecular formula is C18H20N4S. The molecule has 0 bridgehead atoms. The Labute approximate surface area is 140 Å². The molecule has 0 fully saturated rings. The second-order valence-electron chi connectivity index (χ2n) is 6.15. The second kappa shape index (κ2) is 5.98. The topological polar surface area (TPSA) is 44.8 Å². The number of H-pyrrole nitrogens is 1. The van der Waals surface area contributed by atoms with E-state index in [0.29, 0.717) is 0 Å². The van der Waals surface area contributed by atoms with Crippen LogP contribution in [0, 0.1) is 6.92 Å². The Balaban J connectivity index is 1.55. The third kappa shape index (κ3) is 2.86. The summed E-state index contributed by atoms with van der Waals surface area (Å²) in [6, 6.07) is 6.62. The minimum absolute atomic E-state index is 0.879. The van der Waals surface area contributed by atoms with Crippen LogP contribution >= 0.6 is 11.8 Å². The van der Waals surface area contributed by atoms with Crippen LogP contribution < -0.4 is 0 Å². The normalized spacial score (nSPS) is 15.0. The van der Waals surface area contributed by atoms with Crippen LogP contribution in [-0.2, 0) is 19.5 Å². The number of hydrogen-bond acceptors (Lipinski definition) is 4. The van der Waals surface area contributed by atoms with Crippen molar-refractivity contribution >= 4 is 22.7 Å². The Morgan fingerprint density at radius 3 is 3.13 bits per heavy atom. The van der Waals surface area contributed by atoms with Crippen molar-refractivity contribution in [3.63, 3.8) is 0 Å². The summed E-state index contributed by atoms with van der Waals surface area (Å²) in [5, 5.41) is 2.21. The van der Waals surface area contributed by atoms with Gasteiger partial charge in [-0.2, -0.15) is 0 Å². The fourth-order valence-corrected chi connectivity index (χ4v) is 3.62. The second-order valence-corrected chi connectivity index (χ2v) is 6.93. The fraction of sp³-hybridized carbons (Fsp3) is 0.333. The zero-order valence-electron chi connectivity index (χ0n) is 13.5. The summed E-state index contributed by atoms with van der Waals surface area (Å²) < 4.78 is 0. The molecule has 0 atom stereocenters. The van der Waals surface area contributed by atoms with Crippen molar-refractivity contribution in [1.29, 1.82) is 0 Å². The average Bonchev–Trinajstić information content (AvgIpc) is 2.96. The van der Waals surface area contributed by atoms with E-state index in [1.165, 1.54) is 33.3 Å². The van der Waals surface area contributed by atoms with Gasteiger partial charge >= 0.3 is 0 Å². The summed E-state index contributed by atoms with van der Waals surface area (Å²) in [4.78, 5) is 14.9. The van der Waals surface area contributed by atoms with Crippen molar-refractivity contribution < 1.29 is 0 Å². The molecule has 1 aliphatic heterocycles. The van der Waals surface area contributed by atoms with Gasteiger partial charge in [0.1, 0.15) is 0 Å². The standard InChI is InChI=1S/C18H20N4S/c1-12-3-4-15-13(8-19-17(15)7-12)10-22-6-5-16-14(11-22)9-20-18(21-16)23-2/h3-4,7-9,19H,5-6,10-11H2,1-2H3. The van der Waals surface area contributed by atoms with Crippen molar-refractivity contribution in [3.05, 3.63) is 53.0 Å². The molecule has 5 heteroatoms. The maximum atomic E-state index is 4.64. The number of nitrogens with zero attached hydrogens (tertiary/aromatic N) is 3. The molecule has 0 saturated heterocycles. The van der Waals surface area contributed by atoms with Gasteiger partial charge in [0.05, 0.1) is 5.69 Å². The zero-order chi connectivity index (χ0) is 15.8. The van der Waals surface area contributed by atoms with Gasteiger partial charge in [-0.05, 0) is 30.4 Å². The molecule has 0 radical (unpaired) electrons. The first-order valence-corrected chi connectivity index (χ1v) is 9.13. The number of hydrogen-bond donors (Lipinski definition) is 1. The molecule has 1 N–H and O–H groups in total. The van der Waals surface area contributed by atoms with Gasteiger partial charge in [0.25, 0.3) is 0 Å². The van der Waals surface area contributed by atoms with E-state index in [0.717, 1.165) is 31.2 Å². The lowest BCUT2D eigenvalue weighted by atomic mass is 10.1. The largest absolute Gasteiger partial charge is 0.361 e. The highest BCUT2D eigenvalue weighted by Gasteiger charge is 2.19. The molecule has 0 amide bonds. The van der Waals surface area contributed by atoms with Gasteiger partial charge in [-0.25, -0.2) is 9.97 Å². The highest BCUT2D eigenvalue weighted by molar-refractivity contribution is 7.98. The van der Waals surface area contributed by atoms with Crippen LogP contribution in [0.5, 0.6) is 0 Å². The molecule has 4 nitrogen and oxygen atoms in total. The van der Waals surface area contributed by atoms with Gasteiger partial charge in [-0.3, -0.25) is 4.90 Å². The van der Waals surface area contributed by atoms with Crippen molar-refractivity contribution in [2.24, 2.45) is 0 Å². The Bertz CT molecular complexity index is 855. The van der Waals surface area contributed by atoms with Crippen LogP contribution in [0.4, 0.5) is 0 Å². The van der Waals surface area contributed by atoms with Crippen molar-refractivity contribution in [1.82, 2.24) is 19.9 Å². The smallest absolute Gasteiger partial charge is 0.187 e. The van der Waals surface area contributed by atoms with Gasteiger partial charge in [0.2, 0.25) is 0 Å². The van der Waals surface area contributed by atoms with Gasteiger partial charge in [-0.15, -0.1) is 0 Å². The number of thioether (sulfide) groups is 1. The molecule has 23 heavy (non-hydrogen) atoms. The van der Waals surface area contributed by atoms with Crippen LogP contribution in [-0.4, -0.2) is 32.7 Å². The molecule has 1 aromatic carbocycles. The van der Waals surface area contributed by atoms with Gasteiger partial charge in [0.15, 0.2) is 5.16 Å². The first-order valence-electron chi connectivity index (χ1n) is 7.90. The Hall–Kier alpha value is -1.85. The maximum Gasteiger partial charge on any atom is 0.187 e. The molecule has 3 heterocycles. The minimum Gasteiger partial charge on any atom is -0.361 e. The summed E-state index contributed by atoms with van der Waals surface area (Å²) in [5.74, 6) is 0. The molecule has 0 saturated carbocycles. The Morgan fingerprint density at radius 2 is 2.26 bits per heavy atom. The number of fused-ring (bicyclic) bond motifs is 2. The van der Waals surface area contributed by atoms with E-state index in [2.05, 4.69) is 51.2 Å². The summed E-state index contributed by atoms with van der Waals surface area (Å²) in [5.41, 5.74) is 6.37. The van der Waals surface area contributed by atoms with E-state index in [4.69, 9.17) is 0 Å². The lowest BCUT2D eigenvalue weighted by Gasteiger charge is -2.27. The molecular weight excluding hydrogens is 304 g/mol. The van der Waals surface area contributed by atoms with E-state index in [1.807, 2.05) is 12.5 Å². The molecule has 2 aromatic heterocycles. The number of aryl methyl sites for hydroxylation is 1. The van der Waals surface area contributed by atoms with Gasteiger partial charge < -0.3 is 4.98 Å². The number of aromatic amines is 1. The molecule has 4 rings (SSSR count). The first kappa shape index (κ1) is 14.7. The number of benzene rings is 1. The third-order valence-electron chi connectivity index (χ3n) is 4.49. The first-order chi connectivity index (χ1) is 11.2. The van der Waals surface area contributed by atoms with E-state index < -0.39 is 0 Å². The average molecular weight is 324 g/mol. The van der Waals surface area contributed by atoms with Crippen LogP contribution in [0.2, 0.25) is 0 Å². The van der Waals surface area contributed by atoms with Crippen LogP contribution in [0.3, 0.4) is 0 Å². The molecule has 1 aliphatic rings. The fourth-order valence-electron chi connectivity index (χ4n) is 3.26. The maximum absolute atomic E-state index is 4.64. The monoisotopic (exact) mass is 324 g/mol. The molecule has 0 spiro atoms. The summed E-state index contributed by atoms with van der Waals surface area (Å²) in [7, 11) is 0. The lowest BCUT2D eigenvalue weighted by Crippen LogP contribution is -2.30. The van der Waals surface area contributed by atoms with E-state index >= 15 is 0 Å². The van der Waals surface area contributed by atoms with Gasteiger partial charge in [-0.1, -0.05) is 23.9 Å². The lowest BCUT2D eigenvalue weighted by molar-refractivity contribution is 0.243. The SMILES string of the molecule is CSc1ncc2c(n1)CCN(Cc1c[nH]c3cc(C)ccc13)C2. The minimum atomic E-state index is 0.879. The molecule has 118 valence electrons. The quantitative estimate of drug-likeness (QED) is 0.591. The summed E-state index contributed by atoms with van der Waals surface area (Å²) in [6.45, 7) is 5.08. The zero-order valence-corrected chi connectivity index (χ0v) is 14.3. The highest BCUT2D eigenvalue weighted by Crippen LogP contribution is 2.24. The third-order valence-corrected chi connectivity index (χ3v) is 5.05. The van der Waals surface area contributed by atoms with Crippen LogP contribution in [0.15, 0.2) is 35.7 Å². The Kier molecular flexibility index (Phi) is 3.83. The molecule has 3 aromatic rings. The highest BCUT2D eigenvalue weighted by atomic mass is 32.2.